The van der Waals surface area contributed by atoms with E-state index < -0.39 is 0 Å². The molecule has 1 aromatic heterocycles. The molecule has 0 bridgehead atoms. The number of halogens is 2. The molecule has 0 aliphatic rings. The Bertz CT molecular complexity index is 1310. The Morgan fingerprint density at radius 1 is 1.09 bits per heavy atom. The lowest BCUT2D eigenvalue weighted by Crippen LogP contribution is -2.20. The third-order valence-corrected chi connectivity index (χ3v) is 5.93. The number of carbonyl (C=O) groups excluding carboxylic acids is 1. The fourth-order valence-corrected chi connectivity index (χ4v) is 4.00. The summed E-state index contributed by atoms with van der Waals surface area (Å²) in [7, 11) is 0. The van der Waals surface area contributed by atoms with Crippen molar-refractivity contribution < 1.29 is 13.9 Å². The Balaban J connectivity index is 1.52. The van der Waals surface area contributed by atoms with Crippen molar-refractivity contribution in [1.29, 1.82) is 0 Å². The second-order valence-corrected chi connectivity index (χ2v) is 8.59. The van der Waals surface area contributed by atoms with Gasteiger partial charge in [0.2, 0.25) is 0 Å². The number of thioether (sulfide) groups is 1. The van der Waals surface area contributed by atoms with Crippen molar-refractivity contribution in [3.8, 4) is 22.8 Å². The number of benzene rings is 3. The van der Waals surface area contributed by atoms with E-state index in [4.69, 9.17) is 16.3 Å². The van der Waals surface area contributed by atoms with Crippen LogP contribution < -0.4 is 10.2 Å². The number of carbonyl (C=O) groups is 1. The SMILES string of the molecule is CCOc1ccc(-n2c(SCC(=O)N/N=C/c3ccc(F)cc3)nnc2-c2ccc(Cl)cc2)cc1. The maximum absolute atomic E-state index is 13.0. The molecule has 1 amide bonds. The lowest BCUT2D eigenvalue weighted by Gasteiger charge is -2.11. The summed E-state index contributed by atoms with van der Waals surface area (Å²) in [6.45, 7) is 2.50. The van der Waals surface area contributed by atoms with Gasteiger partial charge in [-0.3, -0.25) is 9.36 Å². The zero-order valence-electron chi connectivity index (χ0n) is 18.7. The van der Waals surface area contributed by atoms with Gasteiger partial charge in [0, 0.05) is 16.3 Å². The maximum atomic E-state index is 13.0. The van der Waals surface area contributed by atoms with Gasteiger partial charge in [0.15, 0.2) is 11.0 Å². The zero-order chi connectivity index (χ0) is 24.6. The highest BCUT2D eigenvalue weighted by atomic mass is 35.5. The first-order valence-corrected chi connectivity index (χ1v) is 12.0. The van der Waals surface area contributed by atoms with Crippen LogP contribution in [0.4, 0.5) is 4.39 Å². The highest BCUT2D eigenvalue weighted by Crippen LogP contribution is 2.29. The molecular formula is C25H21ClFN5O2S. The van der Waals surface area contributed by atoms with E-state index in [1.165, 1.54) is 30.1 Å². The van der Waals surface area contributed by atoms with Crippen molar-refractivity contribution in [3.63, 3.8) is 0 Å². The molecule has 0 aliphatic carbocycles. The topological polar surface area (TPSA) is 81.4 Å². The number of hydrazone groups is 1. The summed E-state index contributed by atoms with van der Waals surface area (Å²) in [4.78, 5) is 12.3. The van der Waals surface area contributed by atoms with Gasteiger partial charge >= 0.3 is 0 Å². The molecule has 0 saturated heterocycles. The number of rotatable bonds is 9. The first-order valence-electron chi connectivity index (χ1n) is 10.7. The predicted octanol–water partition coefficient (Wildman–Crippen LogP) is 5.37. The highest BCUT2D eigenvalue weighted by Gasteiger charge is 2.17. The molecule has 4 rings (SSSR count). The Morgan fingerprint density at radius 2 is 1.80 bits per heavy atom. The molecule has 35 heavy (non-hydrogen) atoms. The maximum Gasteiger partial charge on any atom is 0.250 e. The first kappa shape index (κ1) is 24.4. The Morgan fingerprint density at radius 3 is 2.49 bits per heavy atom. The van der Waals surface area contributed by atoms with Crippen molar-refractivity contribution in [2.45, 2.75) is 12.1 Å². The molecule has 0 saturated carbocycles. The first-order chi connectivity index (χ1) is 17.0. The monoisotopic (exact) mass is 509 g/mol. The molecule has 1 N–H and O–H groups in total. The van der Waals surface area contributed by atoms with E-state index in [0.717, 1.165) is 17.0 Å². The molecule has 0 radical (unpaired) electrons. The van der Waals surface area contributed by atoms with Crippen molar-refractivity contribution in [1.82, 2.24) is 20.2 Å². The molecule has 3 aromatic carbocycles. The number of aromatic nitrogens is 3. The molecular weight excluding hydrogens is 489 g/mol. The number of amides is 1. The number of nitrogens with one attached hydrogen (secondary N) is 1. The molecule has 0 fully saturated rings. The van der Waals surface area contributed by atoms with Crippen LogP contribution >= 0.6 is 23.4 Å². The molecule has 0 unspecified atom stereocenters. The Kier molecular flexibility index (Phi) is 8.12. The minimum absolute atomic E-state index is 0.0660. The van der Waals surface area contributed by atoms with Gasteiger partial charge in [0.1, 0.15) is 11.6 Å². The summed E-state index contributed by atoms with van der Waals surface area (Å²) in [5, 5.41) is 13.8. The number of ether oxygens (including phenoxy) is 1. The molecule has 4 aromatic rings. The van der Waals surface area contributed by atoms with E-state index >= 15 is 0 Å². The number of hydrogen-bond donors (Lipinski definition) is 1. The van der Waals surface area contributed by atoms with Crippen molar-refractivity contribution in [3.05, 3.63) is 89.2 Å². The molecule has 0 spiro atoms. The summed E-state index contributed by atoms with van der Waals surface area (Å²) in [5.74, 6) is 0.782. The Labute approximate surface area is 211 Å². The third kappa shape index (κ3) is 6.46. The van der Waals surface area contributed by atoms with Crippen molar-refractivity contribution in [2.75, 3.05) is 12.4 Å². The van der Waals surface area contributed by atoms with Gasteiger partial charge in [-0.15, -0.1) is 10.2 Å². The summed E-state index contributed by atoms with van der Waals surface area (Å²) in [6.07, 6.45) is 1.45. The van der Waals surface area contributed by atoms with E-state index in [1.54, 1.807) is 24.3 Å². The van der Waals surface area contributed by atoms with Gasteiger partial charge < -0.3 is 4.74 Å². The van der Waals surface area contributed by atoms with Crippen molar-refractivity contribution >= 4 is 35.5 Å². The van der Waals surface area contributed by atoms with Crippen LogP contribution in [0.3, 0.4) is 0 Å². The normalized spacial score (nSPS) is 11.1. The number of hydrogen-bond acceptors (Lipinski definition) is 6. The molecule has 178 valence electrons. The molecule has 0 aliphatic heterocycles. The van der Waals surface area contributed by atoms with Gasteiger partial charge in [-0.05, 0) is 73.2 Å². The van der Waals surface area contributed by atoms with Crippen LogP contribution in [0, 0.1) is 5.82 Å². The van der Waals surface area contributed by atoms with Crippen LogP contribution in [0.1, 0.15) is 12.5 Å². The van der Waals surface area contributed by atoms with E-state index in [2.05, 4.69) is 20.7 Å². The fourth-order valence-electron chi connectivity index (χ4n) is 3.13. The van der Waals surface area contributed by atoms with Gasteiger partial charge in [-0.2, -0.15) is 5.10 Å². The summed E-state index contributed by atoms with van der Waals surface area (Å²) in [5.41, 5.74) is 4.79. The standard InChI is InChI=1S/C25H21ClFN5O2S/c1-2-34-22-13-11-21(12-14-22)32-24(18-5-7-19(26)8-6-18)30-31-25(32)35-16-23(33)29-28-15-17-3-9-20(27)10-4-17/h3-15H,2,16H2,1H3,(H,29,33)/b28-15+. The van der Waals surface area contributed by atoms with E-state index in [-0.39, 0.29) is 17.5 Å². The van der Waals surface area contributed by atoms with Gasteiger partial charge in [0.05, 0.1) is 18.6 Å². The summed E-state index contributed by atoms with van der Waals surface area (Å²) in [6, 6.07) is 20.6. The minimum atomic E-state index is -0.336. The van der Waals surface area contributed by atoms with Crippen LogP contribution in [0.5, 0.6) is 5.75 Å². The van der Waals surface area contributed by atoms with E-state index in [9.17, 15) is 9.18 Å². The van der Waals surface area contributed by atoms with Gasteiger partial charge in [0.25, 0.3) is 5.91 Å². The fraction of sp³-hybridized carbons (Fsp3) is 0.120. The summed E-state index contributed by atoms with van der Waals surface area (Å²) < 4.78 is 20.4. The van der Waals surface area contributed by atoms with Crippen LogP contribution in [0.2, 0.25) is 5.02 Å². The molecule has 0 atom stereocenters. The van der Waals surface area contributed by atoms with Gasteiger partial charge in [-0.25, -0.2) is 9.82 Å². The van der Waals surface area contributed by atoms with E-state index in [1.807, 2.05) is 47.9 Å². The van der Waals surface area contributed by atoms with Crippen LogP contribution in [0.25, 0.3) is 17.1 Å². The van der Waals surface area contributed by atoms with Crippen LogP contribution in [-0.4, -0.2) is 39.2 Å². The van der Waals surface area contributed by atoms with Crippen molar-refractivity contribution in [2.24, 2.45) is 5.10 Å². The predicted molar refractivity (Wildman–Crippen MR) is 136 cm³/mol. The smallest absolute Gasteiger partial charge is 0.250 e. The second kappa shape index (κ2) is 11.6. The molecule has 1 heterocycles. The average Bonchev–Trinajstić information content (AvgIpc) is 3.29. The molecule has 10 heteroatoms. The third-order valence-electron chi connectivity index (χ3n) is 4.75. The largest absolute Gasteiger partial charge is 0.494 e. The quantitative estimate of drug-likeness (QED) is 0.186. The number of nitrogens with zero attached hydrogens (tertiary/aromatic N) is 4. The van der Waals surface area contributed by atoms with Crippen LogP contribution in [0.15, 0.2) is 83.1 Å². The Hall–Kier alpha value is -3.69. The van der Waals surface area contributed by atoms with Crippen LogP contribution in [-0.2, 0) is 4.79 Å². The lowest BCUT2D eigenvalue weighted by molar-refractivity contribution is -0.118. The lowest BCUT2D eigenvalue weighted by atomic mass is 10.2. The summed E-state index contributed by atoms with van der Waals surface area (Å²) >= 11 is 7.27. The van der Waals surface area contributed by atoms with E-state index in [0.29, 0.717) is 28.2 Å². The zero-order valence-corrected chi connectivity index (χ0v) is 20.3. The highest BCUT2D eigenvalue weighted by molar-refractivity contribution is 7.99. The van der Waals surface area contributed by atoms with Gasteiger partial charge in [-0.1, -0.05) is 35.5 Å². The molecule has 7 nitrogen and oxygen atoms in total. The average molecular weight is 510 g/mol. The minimum Gasteiger partial charge on any atom is -0.494 e. The second-order valence-electron chi connectivity index (χ2n) is 7.21.